The Kier molecular flexibility index (Phi) is 5.66. The van der Waals surface area contributed by atoms with E-state index in [4.69, 9.17) is 9.84 Å². The van der Waals surface area contributed by atoms with Crippen molar-refractivity contribution in [3.63, 3.8) is 0 Å². The summed E-state index contributed by atoms with van der Waals surface area (Å²) in [5.41, 5.74) is 1.12. The molecule has 7 nitrogen and oxygen atoms in total. The second-order valence-corrected chi connectivity index (χ2v) is 7.07. The van der Waals surface area contributed by atoms with Crippen LogP contribution in [-0.4, -0.2) is 77.4 Å². The van der Waals surface area contributed by atoms with E-state index in [-0.39, 0.29) is 24.2 Å². The number of urea groups is 1. The van der Waals surface area contributed by atoms with Gasteiger partial charge in [0.2, 0.25) is 0 Å². The van der Waals surface area contributed by atoms with E-state index < -0.39 is 6.09 Å². The molecule has 26 heavy (non-hydrogen) atoms. The lowest BCUT2D eigenvalue weighted by Gasteiger charge is -2.38. The maximum Gasteiger partial charge on any atom is 0.407 e. The van der Waals surface area contributed by atoms with Gasteiger partial charge in [-0.2, -0.15) is 0 Å². The predicted molar refractivity (Wildman–Crippen MR) is 97.1 cm³/mol. The second kappa shape index (κ2) is 7.95. The number of benzene rings is 1. The van der Waals surface area contributed by atoms with Crippen molar-refractivity contribution in [2.75, 3.05) is 33.4 Å². The zero-order chi connectivity index (χ0) is 18.7. The van der Waals surface area contributed by atoms with Crippen molar-refractivity contribution >= 4 is 12.1 Å². The lowest BCUT2D eigenvalue weighted by molar-refractivity contribution is 0.0951. The number of methoxy groups -OCH3 is 1. The van der Waals surface area contributed by atoms with E-state index >= 15 is 0 Å². The highest BCUT2D eigenvalue weighted by Gasteiger charge is 2.44. The molecule has 142 valence electrons. The van der Waals surface area contributed by atoms with Crippen LogP contribution in [0.4, 0.5) is 9.59 Å². The summed E-state index contributed by atoms with van der Waals surface area (Å²) in [5, 5.41) is 9.17. The molecule has 0 aliphatic carbocycles. The van der Waals surface area contributed by atoms with Gasteiger partial charge in [0.1, 0.15) is 0 Å². The minimum absolute atomic E-state index is 0.00261. The molecular weight excluding hydrogens is 334 g/mol. The molecule has 3 rings (SSSR count). The van der Waals surface area contributed by atoms with Crippen LogP contribution in [0.3, 0.4) is 0 Å². The molecular formula is C19H27N3O4. The van der Waals surface area contributed by atoms with Crippen molar-refractivity contribution in [3.05, 3.63) is 35.9 Å². The number of nitrogens with zero attached hydrogens (tertiary/aromatic N) is 3. The number of hydrogen-bond acceptors (Lipinski definition) is 3. The molecule has 2 aliphatic heterocycles. The normalized spacial score (nSPS) is 22.8. The van der Waals surface area contributed by atoms with Gasteiger partial charge in [-0.3, -0.25) is 0 Å². The summed E-state index contributed by atoms with van der Waals surface area (Å²) in [6, 6.07) is 10.1. The fraction of sp³-hybridized carbons (Fsp3) is 0.579. The summed E-state index contributed by atoms with van der Waals surface area (Å²) in [6.07, 6.45) is 0.466. The monoisotopic (exact) mass is 361 g/mol. The molecule has 3 amide bonds. The maximum absolute atomic E-state index is 13.2. The second-order valence-electron chi connectivity index (χ2n) is 7.07. The van der Waals surface area contributed by atoms with Gasteiger partial charge in [0.25, 0.3) is 0 Å². The summed E-state index contributed by atoms with van der Waals surface area (Å²) >= 11 is 0. The van der Waals surface area contributed by atoms with Crippen LogP contribution in [0.15, 0.2) is 30.3 Å². The highest BCUT2D eigenvalue weighted by Crippen LogP contribution is 2.35. The zero-order valence-corrected chi connectivity index (χ0v) is 15.4. The molecule has 1 aromatic carbocycles. The van der Waals surface area contributed by atoms with Crippen LogP contribution in [0.25, 0.3) is 0 Å². The lowest BCUT2D eigenvalue weighted by atomic mass is 9.99. The lowest BCUT2D eigenvalue weighted by Crippen LogP contribution is -2.49. The minimum atomic E-state index is -0.883. The molecule has 0 spiro atoms. The number of carboxylic acid groups (broad SMARTS) is 1. The third-order valence-electron chi connectivity index (χ3n) is 5.42. The van der Waals surface area contributed by atoms with Crippen LogP contribution in [0.1, 0.15) is 31.4 Å². The van der Waals surface area contributed by atoms with E-state index in [2.05, 4.69) is 12.1 Å². The number of amides is 3. The fourth-order valence-electron chi connectivity index (χ4n) is 4.02. The van der Waals surface area contributed by atoms with E-state index in [0.29, 0.717) is 39.1 Å². The third kappa shape index (κ3) is 3.62. The first-order valence-corrected chi connectivity index (χ1v) is 9.13. The van der Waals surface area contributed by atoms with Gasteiger partial charge in [0, 0.05) is 32.8 Å². The van der Waals surface area contributed by atoms with Crippen molar-refractivity contribution in [3.8, 4) is 0 Å². The molecule has 2 aliphatic rings. The van der Waals surface area contributed by atoms with Gasteiger partial charge in [-0.25, -0.2) is 9.59 Å². The summed E-state index contributed by atoms with van der Waals surface area (Å²) in [7, 11) is 1.64. The van der Waals surface area contributed by atoms with Gasteiger partial charge in [0.05, 0.1) is 18.7 Å². The molecule has 1 aromatic rings. The van der Waals surface area contributed by atoms with Gasteiger partial charge < -0.3 is 24.5 Å². The minimum Gasteiger partial charge on any atom is -0.465 e. The zero-order valence-electron chi connectivity index (χ0n) is 15.4. The molecule has 1 N–H and O–H groups in total. The van der Waals surface area contributed by atoms with Crippen LogP contribution in [0.5, 0.6) is 0 Å². The number of piperidine rings is 1. The molecule has 2 atom stereocenters. The van der Waals surface area contributed by atoms with E-state index in [1.807, 2.05) is 34.9 Å². The first-order chi connectivity index (χ1) is 12.5. The van der Waals surface area contributed by atoms with E-state index in [1.165, 1.54) is 4.90 Å². The molecule has 2 saturated heterocycles. The fourth-order valence-corrected chi connectivity index (χ4v) is 4.02. The Bertz CT molecular complexity index is 631. The van der Waals surface area contributed by atoms with Gasteiger partial charge >= 0.3 is 12.1 Å². The average Bonchev–Trinajstić information content (AvgIpc) is 3.00. The Morgan fingerprint density at radius 1 is 1.27 bits per heavy atom. The Morgan fingerprint density at radius 3 is 2.50 bits per heavy atom. The van der Waals surface area contributed by atoms with E-state index in [1.54, 1.807) is 7.11 Å². The number of rotatable bonds is 5. The quantitative estimate of drug-likeness (QED) is 0.875. The number of likely N-dealkylation sites (tertiary alicyclic amines) is 1. The van der Waals surface area contributed by atoms with Gasteiger partial charge in [-0.1, -0.05) is 30.3 Å². The number of carbonyl (C=O) groups excluding carboxylic acids is 1. The number of ether oxygens (including phenoxy) is 1. The van der Waals surface area contributed by atoms with Crippen LogP contribution in [-0.2, 0) is 4.74 Å². The molecule has 7 heteroatoms. The molecule has 0 saturated carbocycles. The van der Waals surface area contributed by atoms with E-state index in [9.17, 15) is 9.59 Å². The van der Waals surface area contributed by atoms with Crippen molar-refractivity contribution in [2.24, 2.45) is 0 Å². The van der Waals surface area contributed by atoms with Crippen LogP contribution < -0.4 is 0 Å². The van der Waals surface area contributed by atoms with Crippen molar-refractivity contribution < 1.29 is 19.4 Å². The summed E-state index contributed by atoms with van der Waals surface area (Å²) < 4.78 is 5.24. The van der Waals surface area contributed by atoms with Crippen molar-refractivity contribution in [2.45, 2.75) is 37.9 Å². The average molecular weight is 361 g/mol. The first kappa shape index (κ1) is 18.5. The highest BCUT2D eigenvalue weighted by molar-refractivity contribution is 5.78. The van der Waals surface area contributed by atoms with E-state index in [0.717, 1.165) is 5.56 Å². The summed E-state index contributed by atoms with van der Waals surface area (Å²) in [5.74, 6) is 0. The predicted octanol–water partition coefficient (Wildman–Crippen LogP) is 2.64. The van der Waals surface area contributed by atoms with Crippen molar-refractivity contribution in [1.29, 1.82) is 0 Å². The standard InChI is InChI=1S/C19H27N3O4/c1-14(13-26-2)21-12-17(15-6-4-3-5-7-15)22(18(21)23)16-8-10-20(11-9-16)19(24)25/h3-7,14,16-17H,8-13H2,1-2H3,(H,24,25)/t14-,17+/m1/s1. The van der Waals surface area contributed by atoms with Gasteiger partial charge in [0.15, 0.2) is 0 Å². The topological polar surface area (TPSA) is 73.3 Å². The number of carbonyl (C=O) groups is 2. The summed E-state index contributed by atoms with van der Waals surface area (Å²) in [4.78, 5) is 29.6. The first-order valence-electron chi connectivity index (χ1n) is 9.13. The molecule has 2 fully saturated rings. The maximum atomic E-state index is 13.2. The smallest absolute Gasteiger partial charge is 0.407 e. The summed E-state index contributed by atoms with van der Waals surface area (Å²) in [6.45, 7) is 4.07. The Labute approximate surface area is 154 Å². The molecule has 0 bridgehead atoms. The number of hydrogen-bond donors (Lipinski definition) is 1. The van der Waals surface area contributed by atoms with Crippen LogP contribution >= 0.6 is 0 Å². The Balaban J connectivity index is 1.82. The van der Waals surface area contributed by atoms with Gasteiger partial charge in [-0.15, -0.1) is 0 Å². The SMILES string of the molecule is COC[C@@H](C)N1C[C@@H](c2ccccc2)N(C2CCN(C(=O)O)CC2)C1=O. The van der Waals surface area contributed by atoms with Gasteiger partial charge in [-0.05, 0) is 25.3 Å². The Hall–Kier alpha value is -2.28. The van der Waals surface area contributed by atoms with Crippen molar-refractivity contribution in [1.82, 2.24) is 14.7 Å². The molecule has 0 radical (unpaired) electrons. The molecule has 0 unspecified atom stereocenters. The molecule has 0 aromatic heterocycles. The largest absolute Gasteiger partial charge is 0.465 e. The third-order valence-corrected chi connectivity index (χ3v) is 5.42. The Morgan fingerprint density at radius 2 is 1.92 bits per heavy atom. The van der Waals surface area contributed by atoms with Crippen LogP contribution in [0.2, 0.25) is 0 Å². The highest BCUT2D eigenvalue weighted by atomic mass is 16.5. The van der Waals surface area contributed by atoms with Crippen LogP contribution in [0, 0.1) is 0 Å². The molecule has 2 heterocycles.